The van der Waals surface area contributed by atoms with Gasteiger partial charge in [0, 0.05) is 18.7 Å². The second-order valence-electron chi connectivity index (χ2n) is 5.26. The van der Waals surface area contributed by atoms with Crippen LogP contribution >= 0.6 is 0 Å². The predicted octanol–water partition coefficient (Wildman–Crippen LogP) is 3.46. The molecule has 5 nitrogen and oxygen atoms in total. The first kappa shape index (κ1) is 17.0. The van der Waals surface area contributed by atoms with Gasteiger partial charge in [0.15, 0.2) is 0 Å². The lowest BCUT2D eigenvalue weighted by Gasteiger charge is -2.10. The van der Waals surface area contributed by atoms with E-state index in [1.807, 2.05) is 32.0 Å². The number of carboxylic acid groups (broad SMARTS) is 1. The summed E-state index contributed by atoms with van der Waals surface area (Å²) in [7, 11) is 0. The van der Waals surface area contributed by atoms with Gasteiger partial charge in [0.2, 0.25) is 0 Å². The number of amides is 2. The molecule has 0 spiro atoms. The van der Waals surface area contributed by atoms with Crippen molar-refractivity contribution in [2.24, 2.45) is 0 Å². The average Bonchev–Trinajstić information content (AvgIpc) is 2.41. The SMILES string of the molecule is Cc1ccc(C)c(NC(=O)NCCCCCCC(=O)O)c1. The average molecular weight is 292 g/mol. The van der Waals surface area contributed by atoms with Crippen LogP contribution in [0.25, 0.3) is 0 Å². The molecule has 0 aliphatic rings. The van der Waals surface area contributed by atoms with Crippen LogP contribution in [-0.4, -0.2) is 23.7 Å². The monoisotopic (exact) mass is 292 g/mol. The quantitative estimate of drug-likeness (QED) is 0.642. The first-order chi connectivity index (χ1) is 9.99. The number of carbonyl (C=O) groups excluding carboxylic acids is 1. The van der Waals surface area contributed by atoms with Gasteiger partial charge < -0.3 is 15.7 Å². The summed E-state index contributed by atoms with van der Waals surface area (Å²) < 4.78 is 0. The number of hydrogen-bond acceptors (Lipinski definition) is 2. The number of carboxylic acids is 1. The summed E-state index contributed by atoms with van der Waals surface area (Å²) in [5.41, 5.74) is 2.97. The van der Waals surface area contributed by atoms with Gasteiger partial charge in [-0.25, -0.2) is 4.79 Å². The van der Waals surface area contributed by atoms with Crippen LogP contribution in [0.2, 0.25) is 0 Å². The highest BCUT2D eigenvalue weighted by Crippen LogP contribution is 2.15. The number of aryl methyl sites for hydroxylation is 2. The maximum Gasteiger partial charge on any atom is 0.319 e. The number of hydrogen-bond donors (Lipinski definition) is 3. The number of nitrogens with one attached hydrogen (secondary N) is 2. The maximum absolute atomic E-state index is 11.8. The van der Waals surface area contributed by atoms with E-state index >= 15 is 0 Å². The van der Waals surface area contributed by atoms with E-state index < -0.39 is 5.97 Å². The zero-order valence-corrected chi connectivity index (χ0v) is 12.7. The number of aliphatic carboxylic acids is 1. The van der Waals surface area contributed by atoms with Crippen LogP contribution in [0.15, 0.2) is 18.2 Å². The van der Waals surface area contributed by atoms with Gasteiger partial charge >= 0.3 is 12.0 Å². The molecule has 0 radical (unpaired) electrons. The molecule has 2 amide bonds. The van der Waals surface area contributed by atoms with Crippen molar-refractivity contribution in [2.75, 3.05) is 11.9 Å². The molecule has 116 valence electrons. The van der Waals surface area contributed by atoms with Crippen LogP contribution in [0.3, 0.4) is 0 Å². The minimum absolute atomic E-state index is 0.200. The Balaban J connectivity index is 2.17. The fraction of sp³-hybridized carbons (Fsp3) is 0.500. The van der Waals surface area contributed by atoms with Gasteiger partial charge in [0.05, 0.1) is 0 Å². The molecule has 0 atom stereocenters. The van der Waals surface area contributed by atoms with Gasteiger partial charge in [0.25, 0.3) is 0 Å². The van der Waals surface area contributed by atoms with Gasteiger partial charge in [-0.3, -0.25) is 4.79 Å². The Bertz CT molecular complexity index is 486. The molecule has 0 fully saturated rings. The highest BCUT2D eigenvalue weighted by Gasteiger charge is 2.04. The minimum atomic E-state index is -0.749. The minimum Gasteiger partial charge on any atom is -0.481 e. The summed E-state index contributed by atoms with van der Waals surface area (Å²) in [5, 5.41) is 14.2. The van der Waals surface area contributed by atoms with E-state index in [9.17, 15) is 9.59 Å². The number of benzene rings is 1. The van der Waals surface area contributed by atoms with Gasteiger partial charge in [-0.2, -0.15) is 0 Å². The smallest absolute Gasteiger partial charge is 0.319 e. The summed E-state index contributed by atoms with van der Waals surface area (Å²) in [6, 6.07) is 5.73. The van der Waals surface area contributed by atoms with Crippen LogP contribution in [0.5, 0.6) is 0 Å². The molecular weight excluding hydrogens is 268 g/mol. The largest absolute Gasteiger partial charge is 0.481 e. The third-order valence-corrected chi connectivity index (χ3v) is 3.24. The van der Waals surface area contributed by atoms with Crippen molar-refractivity contribution in [3.8, 4) is 0 Å². The summed E-state index contributed by atoms with van der Waals surface area (Å²) in [6.07, 6.45) is 3.59. The third-order valence-electron chi connectivity index (χ3n) is 3.24. The maximum atomic E-state index is 11.8. The molecule has 0 aliphatic heterocycles. The van der Waals surface area contributed by atoms with Crippen molar-refractivity contribution >= 4 is 17.7 Å². The van der Waals surface area contributed by atoms with E-state index in [1.54, 1.807) is 0 Å². The number of anilines is 1. The van der Waals surface area contributed by atoms with E-state index in [0.717, 1.165) is 36.1 Å². The molecule has 1 aromatic carbocycles. The molecule has 1 rings (SSSR count). The predicted molar refractivity (Wildman–Crippen MR) is 83.7 cm³/mol. The number of carbonyl (C=O) groups is 2. The summed E-state index contributed by atoms with van der Waals surface area (Å²) in [6.45, 7) is 4.54. The Morgan fingerprint density at radius 1 is 1.10 bits per heavy atom. The third kappa shape index (κ3) is 7.34. The van der Waals surface area contributed by atoms with Gasteiger partial charge in [-0.15, -0.1) is 0 Å². The zero-order valence-electron chi connectivity index (χ0n) is 12.7. The Morgan fingerprint density at radius 3 is 2.52 bits per heavy atom. The highest BCUT2D eigenvalue weighted by atomic mass is 16.4. The van der Waals surface area contributed by atoms with E-state index in [-0.39, 0.29) is 12.5 Å². The van der Waals surface area contributed by atoms with E-state index in [1.165, 1.54) is 0 Å². The molecule has 5 heteroatoms. The molecule has 0 heterocycles. The Hall–Kier alpha value is -2.04. The Morgan fingerprint density at radius 2 is 1.81 bits per heavy atom. The fourth-order valence-electron chi connectivity index (χ4n) is 1.99. The summed E-state index contributed by atoms with van der Waals surface area (Å²) in [4.78, 5) is 22.1. The first-order valence-electron chi connectivity index (χ1n) is 7.33. The molecular formula is C16H24N2O3. The molecule has 0 aliphatic carbocycles. The lowest BCUT2D eigenvalue weighted by Crippen LogP contribution is -2.29. The summed E-state index contributed by atoms with van der Waals surface area (Å²) >= 11 is 0. The molecule has 0 aromatic heterocycles. The van der Waals surface area contributed by atoms with Gasteiger partial charge in [-0.1, -0.05) is 25.0 Å². The molecule has 1 aromatic rings. The summed E-state index contributed by atoms with van der Waals surface area (Å²) in [5.74, 6) is -0.749. The van der Waals surface area contributed by atoms with Crippen LogP contribution in [0, 0.1) is 13.8 Å². The second kappa shape index (κ2) is 9.00. The zero-order chi connectivity index (χ0) is 15.7. The molecule has 0 unspecified atom stereocenters. The second-order valence-corrected chi connectivity index (χ2v) is 5.26. The van der Waals surface area contributed by atoms with Gasteiger partial charge in [-0.05, 0) is 43.9 Å². The topological polar surface area (TPSA) is 78.4 Å². The lowest BCUT2D eigenvalue weighted by atomic mass is 10.1. The van der Waals surface area contributed by atoms with Crippen LogP contribution in [0.1, 0.15) is 43.2 Å². The Kier molecular flexibility index (Phi) is 7.29. The van der Waals surface area contributed by atoms with Gasteiger partial charge in [0.1, 0.15) is 0 Å². The van der Waals surface area contributed by atoms with E-state index in [2.05, 4.69) is 10.6 Å². The van der Waals surface area contributed by atoms with Crippen molar-refractivity contribution in [3.05, 3.63) is 29.3 Å². The normalized spacial score (nSPS) is 10.2. The van der Waals surface area contributed by atoms with E-state index in [0.29, 0.717) is 13.0 Å². The highest BCUT2D eigenvalue weighted by molar-refractivity contribution is 5.90. The number of rotatable bonds is 8. The molecule has 3 N–H and O–H groups in total. The van der Waals surface area contributed by atoms with E-state index in [4.69, 9.17) is 5.11 Å². The van der Waals surface area contributed by atoms with Crippen molar-refractivity contribution in [1.29, 1.82) is 0 Å². The van der Waals surface area contributed by atoms with Crippen LogP contribution in [-0.2, 0) is 4.79 Å². The van der Waals surface area contributed by atoms with Crippen LogP contribution in [0.4, 0.5) is 10.5 Å². The van der Waals surface area contributed by atoms with Crippen molar-refractivity contribution in [3.63, 3.8) is 0 Å². The standard InChI is InChI=1S/C16H24N2O3/c1-12-8-9-13(2)14(11-12)18-16(21)17-10-6-4-3-5-7-15(19)20/h8-9,11H,3-7,10H2,1-2H3,(H,19,20)(H2,17,18,21). The molecule has 0 bridgehead atoms. The molecule has 21 heavy (non-hydrogen) atoms. The lowest BCUT2D eigenvalue weighted by molar-refractivity contribution is -0.137. The van der Waals surface area contributed by atoms with Crippen molar-refractivity contribution in [2.45, 2.75) is 46.0 Å². The fourth-order valence-corrected chi connectivity index (χ4v) is 1.99. The van der Waals surface area contributed by atoms with Crippen molar-refractivity contribution < 1.29 is 14.7 Å². The Labute approximate surface area is 125 Å². The molecule has 0 saturated carbocycles. The van der Waals surface area contributed by atoms with Crippen LogP contribution < -0.4 is 10.6 Å². The number of unbranched alkanes of at least 4 members (excludes halogenated alkanes) is 3. The number of urea groups is 1. The first-order valence-corrected chi connectivity index (χ1v) is 7.33. The molecule has 0 saturated heterocycles. The van der Waals surface area contributed by atoms with Crippen molar-refractivity contribution in [1.82, 2.24) is 5.32 Å².